The zero-order chi connectivity index (χ0) is 28.1. The van der Waals surface area contributed by atoms with Crippen molar-refractivity contribution >= 4 is 65.3 Å². The third-order valence-electron chi connectivity index (χ3n) is 7.08. The van der Waals surface area contributed by atoms with Crippen LogP contribution in [0.25, 0.3) is 65.3 Å². The smallest absolute Gasteiger partial charge is 0.0964 e. The molecule has 0 aliphatic rings. The van der Waals surface area contributed by atoms with E-state index < -0.39 is 0 Å². The molecule has 9 rings (SSSR count). The summed E-state index contributed by atoms with van der Waals surface area (Å²) in [5, 5.41) is 8.01. The first-order valence-corrected chi connectivity index (χ1v) is 13.6. The Bertz CT molecular complexity index is 1910. The van der Waals surface area contributed by atoms with Gasteiger partial charge in [0.2, 0.25) is 0 Å². The molecular formula is C36H24N6Ni. The first kappa shape index (κ1) is 27.8. The molecule has 0 fully saturated rings. The van der Waals surface area contributed by atoms with Gasteiger partial charge < -0.3 is 0 Å². The zero-order valence-electron chi connectivity index (χ0n) is 22.9. The second kappa shape index (κ2) is 12.6. The summed E-state index contributed by atoms with van der Waals surface area (Å²) in [4.78, 5) is 25.9. The van der Waals surface area contributed by atoms with E-state index in [2.05, 4.69) is 96.6 Å². The van der Waals surface area contributed by atoms with Crippen molar-refractivity contribution in [2.45, 2.75) is 0 Å². The normalized spacial score (nSPS) is 10.6. The van der Waals surface area contributed by atoms with Crippen LogP contribution in [-0.4, -0.2) is 29.9 Å². The van der Waals surface area contributed by atoms with Gasteiger partial charge in [-0.1, -0.05) is 66.7 Å². The van der Waals surface area contributed by atoms with E-state index in [9.17, 15) is 0 Å². The molecule has 0 saturated carbocycles. The fraction of sp³-hybridized carbons (Fsp3) is 0. The predicted molar refractivity (Wildman–Crippen MR) is 171 cm³/mol. The molecule has 208 valence electrons. The minimum atomic E-state index is 0. The van der Waals surface area contributed by atoms with E-state index in [1.165, 1.54) is 5.39 Å². The fourth-order valence-corrected chi connectivity index (χ4v) is 5.06. The van der Waals surface area contributed by atoms with Crippen LogP contribution < -0.4 is 0 Å². The number of hydrogen-bond acceptors (Lipinski definition) is 6. The molecule has 3 aromatic carbocycles. The standard InChI is InChI=1S/3C12H8N2.Ni/c2*1-3-9-5-6-10-4-2-8-14-12(10)11(9)13-7-1;1-2-10-4-3-9-5-7-13-8-11(9)12(10)14-6-1;/h3*1-8H;. The van der Waals surface area contributed by atoms with E-state index in [1.54, 1.807) is 31.0 Å². The van der Waals surface area contributed by atoms with Crippen molar-refractivity contribution < 1.29 is 16.5 Å². The molecule has 9 aromatic rings. The summed E-state index contributed by atoms with van der Waals surface area (Å²) in [5.74, 6) is 0. The van der Waals surface area contributed by atoms with E-state index in [-0.39, 0.29) is 16.5 Å². The van der Waals surface area contributed by atoms with E-state index >= 15 is 0 Å². The second-order valence-corrected chi connectivity index (χ2v) is 9.67. The number of aromatic nitrogens is 6. The van der Waals surface area contributed by atoms with Gasteiger partial charge in [0.1, 0.15) is 0 Å². The first-order chi connectivity index (χ1) is 20.8. The van der Waals surface area contributed by atoms with Crippen LogP contribution >= 0.6 is 0 Å². The molecule has 0 aliphatic carbocycles. The van der Waals surface area contributed by atoms with Gasteiger partial charge in [-0.2, -0.15) is 0 Å². The zero-order valence-corrected chi connectivity index (χ0v) is 23.8. The summed E-state index contributed by atoms with van der Waals surface area (Å²) in [7, 11) is 0. The van der Waals surface area contributed by atoms with Crippen LogP contribution in [0, 0.1) is 0 Å². The Morgan fingerprint density at radius 1 is 0.302 bits per heavy atom. The van der Waals surface area contributed by atoms with Crippen LogP contribution in [0.5, 0.6) is 0 Å². The Morgan fingerprint density at radius 3 is 1.02 bits per heavy atom. The van der Waals surface area contributed by atoms with Gasteiger partial charge in [0.05, 0.1) is 27.6 Å². The summed E-state index contributed by atoms with van der Waals surface area (Å²) in [6.45, 7) is 0. The van der Waals surface area contributed by atoms with Crippen LogP contribution in [0.4, 0.5) is 0 Å². The molecule has 0 N–H and O–H groups in total. The Morgan fingerprint density at radius 2 is 0.628 bits per heavy atom. The Hall–Kier alpha value is -5.39. The SMILES string of the molecule is [Ni].c1cnc2c(c1)ccc1cccnc12.c1cnc2c(c1)ccc1cccnc12.c1cnc2c(c1)ccc1ccncc12. The van der Waals surface area contributed by atoms with Crippen molar-refractivity contribution in [2.75, 3.05) is 0 Å². The minimum absolute atomic E-state index is 0. The number of nitrogens with zero attached hydrogens (tertiary/aromatic N) is 6. The van der Waals surface area contributed by atoms with Crippen molar-refractivity contribution in [2.24, 2.45) is 0 Å². The average molecular weight is 599 g/mol. The second-order valence-electron chi connectivity index (χ2n) is 9.67. The van der Waals surface area contributed by atoms with Crippen LogP contribution in [0.1, 0.15) is 0 Å². The summed E-state index contributed by atoms with van der Waals surface area (Å²) in [5.41, 5.74) is 4.94. The molecule has 0 aliphatic heterocycles. The number of fused-ring (bicyclic) bond motifs is 9. The van der Waals surface area contributed by atoms with Gasteiger partial charge in [-0.15, -0.1) is 0 Å². The fourth-order valence-electron chi connectivity index (χ4n) is 5.06. The van der Waals surface area contributed by atoms with Crippen molar-refractivity contribution in [3.05, 3.63) is 147 Å². The van der Waals surface area contributed by atoms with Gasteiger partial charge in [-0.25, -0.2) is 0 Å². The quantitative estimate of drug-likeness (QED) is 0.129. The van der Waals surface area contributed by atoms with Crippen LogP contribution in [0.2, 0.25) is 0 Å². The number of hydrogen-bond donors (Lipinski definition) is 0. The van der Waals surface area contributed by atoms with Gasteiger partial charge in [0, 0.05) is 92.2 Å². The molecule has 6 heterocycles. The molecule has 7 heteroatoms. The molecule has 6 nitrogen and oxygen atoms in total. The summed E-state index contributed by atoms with van der Waals surface area (Å²) in [6.07, 6.45) is 12.7. The van der Waals surface area contributed by atoms with E-state index in [0.29, 0.717) is 0 Å². The molecule has 6 aromatic heterocycles. The van der Waals surface area contributed by atoms with E-state index in [0.717, 1.165) is 59.9 Å². The van der Waals surface area contributed by atoms with E-state index in [1.807, 2.05) is 48.8 Å². The maximum atomic E-state index is 4.37. The third kappa shape index (κ3) is 5.71. The molecule has 0 unspecified atom stereocenters. The van der Waals surface area contributed by atoms with Gasteiger partial charge in [0.15, 0.2) is 0 Å². The summed E-state index contributed by atoms with van der Waals surface area (Å²) < 4.78 is 0. The first-order valence-electron chi connectivity index (χ1n) is 13.6. The molecule has 0 amide bonds. The van der Waals surface area contributed by atoms with Crippen molar-refractivity contribution in [3.8, 4) is 0 Å². The van der Waals surface area contributed by atoms with Gasteiger partial charge in [0.25, 0.3) is 0 Å². The van der Waals surface area contributed by atoms with Crippen LogP contribution in [0.3, 0.4) is 0 Å². The molecule has 0 saturated heterocycles. The molecule has 0 atom stereocenters. The van der Waals surface area contributed by atoms with Crippen LogP contribution in [0.15, 0.2) is 147 Å². The number of pyridine rings is 6. The molecule has 0 spiro atoms. The predicted octanol–water partition coefficient (Wildman–Crippen LogP) is 8.35. The van der Waals surface area contributed by atoms with Crippen LogP contribution in [-0.2, 0) is 16.5 Å². The van der Waals surface area contributed by atoms with Gasteiger partial charge in [-0.3, -0.25) is 29.9 Å². The maximum Gasteiger partial charge on any atom is 0.0964 e. The van der Waals surface area contributed by atoms with Crippen molar-refractivity contribution in [1.82, 2.24) is 29.9 Å². The average Bonchev–Trinajstić information content (AvgIpc) is 3.09. The Kier molecular flexibility index (Phi) is 8.16. The molecule has 0 bridgehead atoms. The summed E-state index contributed by atoms with van der Waals surface area (Å²) >= 11 is 0. The number of rotatable bonds is 0. The number of benzene rings is 3. The minimum Gasteiger partial charge on any atom is -0.264 e. The van der Waals surface area contributed by atoms with E-state index in [4.69, 9.17) is 0 Å². The Balaban J connectivity index is 0.000000113. The summed E-state index contributed by atoms with van der Waals surface area (Å²) in [6, 6.07) is 34.5. The molecular weight excluding hydrogens is 575 g/mol. The monoisotopic (exact) mass is 598 g/mol. The third-order valence-corrected chi connectivity index (χ3v) is 7.08. The van der Waals surface area contributed by atoms with Crippen molar-refractivity contribution in [1.29, 1.82) is 0 Å². The van der Waals surface area contributed by atoms with Gasteiger partial charge in [-0.05, 0) is 41.8 Å². The maximum absolute atomic E-state index is 4.37. The topological polar surface area (TPSA) is 77.3 Å². The van der Waals surface area contributed by atoms with Crippen molar-refractivity contribution in [3.63, 3.8) is 0 Å². The Labute approximate surface area is 257 Å². The molecule has 43 heavy (non-hydrogen) atoms. The largest absolute Gasteiger partial charge is 0.264 e. The molecule has 0 radical (unpaired) electrons. The van der Waals surface area contributed by atoms with Gasteiger partial charge >= 0.3 is 0 Å².